The quantitative estimate of drug-likeness (QED) is 0.544. The summed E-state index contributed by atoms with van der Waals surface area (Å²) in [6.45, 7) is 2.17. The Morgan fingerprint density at radius 2 is 2.06 bits per heavy atom. The van der Waals surface area contributed by atoms with Gasteiger partial charge >= 0.3 is 0 Å². The molecule has 0 bridgehead atoms. The lowest BCUT2D eigenvalue weighted by atomic mass is 10.1. The molecule has 0 unspecified atom stereocenters. The Balaban J connectivity index is 1.25. The summed E-state index contributed by atoms with van der Waals surface area (Å²) in [5.41, 5.74) is 2.03. The lowest BCUT2D eigenvalue weighted by molar-refractivity contribution is -0.123. The summed E-state index contributed by atoms with van der Waals surface area (Å²) in [6.07, 6.45) is 7.80. The van der Waals surface area contributed by atoms with Crippen LogP contribution in [0.2, 0.25) is 0 Å². The van der Waals surface area contributed by atoms with E-state index >= 15 is 0 Å². The van der Waals surface area contributed by atoms with E-state index in [9.17, 15) is 4.79 Å². The molecule has 0 radical (unpaired) electrons. The zero-order valence-electron chi connectivity index (χ0n) is 18.0. The largest absolute Gasteiger partial charge is 0.381 e. The highest BCUT2D eigenvalue weighted by Gasteiger charge is 2.34. The molecule has 10 nitrogen and oxygen atoms in total. The molecule has 1 amide bonds. The van der Waals surface area contributed by atoms with Crippen molar-refractivity contribution < 1.29 is 9.53 Å². The van der Waals surface area contributed by atoms with Gasteiger partial charge in [-0.15, -0.1) is 5.10 Å². The van der Waals surface area contributed by atoms with Gasteiger partial charge in [0.15, 0.2) is 11.6 Å². The van der Waals surface area contributed by atoms with Crippen LogP contribution in [0.15, 0.2) is 24.4 Å². The van der Waals surface area contributed by atoms with Gasteiger partial charge in [-0.1, -0.05) is 0 Å². The van der Waals surface area contributed by atoms with Gasteiger partial charge in [-0.2, -0.15) is 10.1 Å². The number of amides is 1. The van der Waals surface area contributed by atoms with Crippen molar-refractivity contribution in [2.24, 2.45) is 0 Å². The minimum absolute atomic E-state index is 0.0569. The van der Waals surface area contributed by atoms with Crippen molar-refractivity contribution in [1.82, 2.24) is 30.1 Å². The van der Waals surface area contributed by atoms with Crippen LogP contribution in [0.1, 0.15) is 50.1 Å². The first kappa shape index (κ1) is 19.5. The van der Waals surface area contributed by atoms with Crippen LogP contribution >= 0.6 is 0 Å². The van der Waals surface area contributed by atoms with E-state index in [1.165, 1.54) is 12.8 Å². The topological polar surface area (TPSA) is 112 Å². The summed E-state index contributed by atoms with van der Waals surface area (Å²) < 4.78 is 7.22. The Morgan fingerprint density at radius 3 is 2.91 bits per heavy atom. The van der Waals surface area contributed by atoms with E-state index in [-0.39, 0.29) is 18.0 Å². The lowest BCUT2D eigenvalue weighted by Crippen LogP contribution is -2.49. The Morgan fingerprint density at radius 1 is 1.19 bits per heavy atom. The third kappa shape index (κ3) is 3.79. The maximum atomic E-state index is 13.1. The van der Waals surface area contributed by atoms with Crippen LogP contribution < -0.4 is 15.5 Å². The normalized spacial score (nSPS) is 21.9. The predicted octanol–water partition coefficient (Wildman–Crippen LogP) is 2.34. The number of ether oxygens (including phenoxy) is 1. The number of aromatic nitrogens is 5. The maximum Gasteiger partial charge on any atom is 0.246 e. The Bertz CT molecular complexity index is 1110. The molecule has 3 aromatic rings. The number of rotatable bonds is 6. The van der Waals surface area contributed by atoms with Gasteiger partial charge in [-0.3, -0.25) is 9.89 Å². The number of hydrogen-bond donors (Lipinski definition) is 3. The summed E-state index contributed by atoms with van der Waals surface area (Å²) >= 11 is 0. The fraction of sp³-hybridized carbons (Fsp3) is 0.545. The van der Waals surface area contributed by atoms with Gasteiger partial charge in [-0.25, -0.2) is 4.52 Å². The van der Waals surface area contributed by atoms with E-state index in [1.807, 2.05) is 27.7 Å². The Kier molecular flexibility index (Phi) is 4.94. The second-order valence-electron chi connectivity index (χ2n) is 8.95. The van der Waals surface area contributed by atoms with Crippen molar-refractivity contribution >= 4 is 29.0 Å². The molecule has 168 valence electrons. The van der Waals surface area contributed by atoms with E-state index in [2.05, 4.69) is 26.9 Å². The van der Waals surface area contributed by atoms with Crippen LogP contribution in [0.4, 0.5) is 17.6 Å². The molecule has 0 aromatic carbocycles. The summed E-state index contributed by atoms with van der Waals surface area (Å²) in [5, 5.41) is 18.8. The van der Waals surface area contributed by atoms with Gasteiger partial charge in [0, 0.05) is 49.7 Å². The second kappa shape index (κ2) is 8.09. The second-order valence-corrected chi connectivity index (χ2v) is 8.95. The van der Waals surface area contributed by atoms with Crippen LogP contribution in [0.25, 0.3) is 5.52 Å². The molecule has 2 saturated heterocycles. The van der Waals surface area contributed by atoms with Gasteiger partial charge in [0.05, 0.1) is 0 Å². The first-order chi connectivity index (χ1) is 15.7. The highest BCUT2D eigenvalue weighted by atomic mass is 16.5. The average Bonchev–Trinajstić information content (AvgIpc) is 3.20. The summed E-state index contributed by atoms with van der Waals surface area (Å²) in [6, 6.07) is 5.90. The van der Waals surface area contributed by atoms with Crippen molar-refractivity contribution in [2.75, 3.05) is 30.0 Å². The number of carbonyl (C=O) groups is 1. The van der Waals surface area contributed by atoms with Gasteiger partial charge < -0.3 is 20.3 Å². The smallest absolute Gasteiger partial charge is 0.246 e. The van der Waals surface area contributed by atoms with Crippen molar-refractivity contribution in [1.29, 1.82) is 0 Å². The first-order valence-electron chi connectivity index (χ1n) is 11.6. The van der Waals surface area contributed by atoms with Crippen LogP contribution in [0.3, 0.4) is 0 Å². The molecule has 2 aliphatic heterocycles. The van der Waals surface area contributed by atoms with E-state index in [0.29, 0.717) is 30.9 Å². The van der Waals surface area contributed by atoms with Crippen LogP contribution in [-0.4, -0.2) is 62.5 Å². The van der Waals surface area contributed by atoms with Gasteiger partial charge in [-0.05, 0) is 50.7 Å². The van der Waals surface area contributed by atoms with E-state index in [1.54, 1.807) is 0 Å². The van der Waals surface area contributed by atoms with Gasteiger partial charge in [0.25, 0.3) is 0 Å². The maximum absolute atomic E-state index is 13.1. The molecule has 6 rings (SSSR count). The first-order valence-corrected chi connectivity index (χ1v) is 11.6. The fourth-order valence-electron chi connectivity index (χ4n) is 4.68. The number of H-pyrrole nitrogens is 1. The predicted molar refractivity (Wildman–Crippen MR) is 119 cm³/mol. The van der Waals surface area contributed by atoms with E-state index in [0.717, 1.165) is 49.3 Å². The number of anilines is 3. The Hall–Kier alpha value is -3.14. The zero-order valence-corrected chi connectivity index (χ0v) is 18.0. The van der Waals surface area contributed by atoms with Crippen LogP contribution in [-0.2, 0) is 9.53 Å². The van der Waals surface area contributed by atoms with E-state index < -0.39 is 0 Å². The molecule has 1 atom stereocenters. The minimum atomic E-state index is -0.259. The monoisotopic (exact) mass is 436 g/mol. The van der Waals surface area contributed by atoms with Crippen LogP contribution in [0.5, 0.6) is 0 Å². The van der Waals surface area contributed by atoms with Crippen molar-refractivity contribution in [3.63, 3.8) is 0 Å². The third-order valence-electron chi connectivity index (χ3n) is 6.62. The molecule has 5 heterocycles. The van der Waals surface area contributed by atoms with Crippen LogP contribution in [0, 0.1) is 0 Å². The standard InChI is InChI=1S/C22H28N8O2/c31-21(23-15-7-11-32-12-8-15)18-4-1-9-29(18)22-25-20(17-3-2-10-30(17)28-22)24-19-13-16(26-27-19)14-5-6-14/h2-3,10,13-15,18H,1,4-9,11-12H2,(H,23,31)(H2,24,25,26,27,28)/t18-/m0/s1. The molecule has 1 aliphatic carbocycles. The van der Waals surface area contributed by atoms with Crippen molar-refractivity contribution in [3.8, 4) is 0 Å². The molecule has 3 aliphatic rings. The molecule has 32 heavy (non-hydrogen) atoms. The molecule has 3 fully saturated rings. The highest BCUT2D eigenvalue weighted by molar-refractivity contribution is 5.85. The van der Waals surface area contributed by atoms with Gasteiger partial charge in [0.2, 0.25) is 11.9 Å². The van der Waals surface area contributed by atoms with Gasteiger partial charge in [0.1, 0.15) is 11.6 Å². The molecule has 10 heteroatoms. The third-order valence-corrected chi connectivity index (χ3v) is 6.62. The number of hydrogen-bond acceptors (Lipinski definition) is 7. The minimum Gasteiger partial charge on any atom is -0.381 e. The Labute approximate surface area is 185 Å². The molecular formula is C22H28N8O2. The number of nitrogens with zero attached hydrogens (tertiary/aromatic N) is 5. The number of nitrogens with one attached hydrogen (secondary N) is 3. The molecule has 3 aromatic heterocycles. The number of carbonyl (C=O) groups excluding carboxylic acids is 1. The molecule has 0 spiro atoms. The average molecular weight is 437 g/mol. The fourth-order valence-corrected chi connectivity index (χ4v) is 4.68. The molecular weight excluding hydrogens is 408 g/mol. The SMILES string of the molecule is O=C(NC1CCOCC1)[C@@H]1CCCN1c1nc(Nc2cc(C3CC3)[nH]n2)c2cccn2n1. The zero-order chi connectivity index (χ0) is 21.5. The lowest BCUT2D eigenvalue weighted by Gasteiger charge is -2.28. The highest BCUT2D eigenvalue weighted by Crippen LogP contribution is 2.39. The summed E-state index contributed by atoms with van der Waals surface area (Å²) in [7, 11) is 0. The summed E-state index contributed by atoms with van der Waals surface area (Å²) in [5.74, 6) is 2.64. The van der Waals surface area contributed by atoms with E-state index in [4.69, 9.17) is 14.8 Å². The van der Waals surface area contributed by atoms with Crippen molar-refractivity contribution in [2.45, 2.75) is 56.5 Å². The number of aromatic amines is 1. The summed E-state index contributed by atoms with van der Waals surface area (Å²) in [4.78, 5) is 19.9. The molecule has 1 saturated carbocycles. The number of fused-ring (bicyclic) bond motifs is 1. The van der Waals surface area contributed by atoms with Crippen molar-refractivity contribution in [3.05, 3.63) is 30.1 Å². The molecule has 3 N–H and O–H groups in total.